The first kappa shape index (κ1) is 19.0. The molecule has 0 atom stereocenters. The van der Waals surface area contributed by atoms with Gasteiger partial charge in [-0.05, 0) is 43.3 Å². The van der Waals surface area contributed by atoms with E-state index in [1.54, 1.807) is 11.8 Å². The molecule has 0 saturated heterocycles. The lowest BCUT2D eigenvalue weighted by molar-refractivity contribution is 0.300. The number of hydrogen-bond acceptors (Lipinski definition) is 5. The summed E-state index contributed by atoms with van der Waals surface area (Å²) in [5.41, 5.74) is 11.4. The van der Waals surface area contributed by atoms with Gasteiger partial charge in [0.15, 0.2) is 0 Å². The number of nitrogens with one attached hydrogen (secondary N) is 1. The van der Waals surface area contributed by atoms with Crippen molar-refractivity contribution in [3.05, 3.63) is 53.9 Å². The summed E-state index contributed by atoms with van der Waals surface area (Å²) in [4.78, 5) is 9.38. The molecular formula is C21H28N4S. The second kappa shape index (κ2) is 8.71. The summed E-state index contributed by atoms with van der Waals surface area (Å²) in [5, 5.41) is 3.62. The zero-order chi connectivity index (χ0) is 18.5. The van der Waals surface area contributed by atoms with Crippen LogP contribution in [0.1, 0.15) is 37.1 Å². The minimum absolute atomic E-state index is 0.526. The molecular weight excluding hydrogens is 340 g/mol. The Balaban J connectivity index is 1.86. The summed E-state index contributed by atoms with van der Waals surface area (Å²) in [6, 6.07) is 8.34. The number of pyridine rings is 1. The molecule has 0 unspecified atom stereocenters. The molecule has 1 aliphatic heterocycles. The molecule has 0 spiro atoms. The van der Waals surface area contributed by atoms with Crippen LogP contribution in [0, 0.1) is 0 Å². The molecule has 0 bridgehead atoms. The number of benzene rings is 1. The SMILES string of the molecule is C=C1c2ncccc2Sc2c(CN)ccc(NCCN(CC)CCC)c21. The van der Waals surface area contributed by atoms with E-state index in [1.165, 1.54) is 11.3 Å². The average molecular weight is 369 g/mol. The third kappa shape index (κ3) is 3.80. The van der Waals surface area contributed by atoms with Crippen LogP contribution in [-0.4, -0.2) is 36.1 Å². The molecule has 0 fully saturated rings. The van der Waals surface area contributed by atoms with Crippen molar-refractivity contribution in [1.29, 1.82) is 0 Å². The molecule has 3 N–H and O–H groups in total. The van der Waals surface area contributed by atoms with Gasteiger partial charge in [-0.2, -0.15) is 0 Å². The van der Waals surface area contributed by atoms with Crippen LogP contribution in [0.15, 0.2) is 46.8 Å². The summed E-state index contributed by atoms with van der Waals surface area (Å²) in [7, 11) is 0. The Hall–Kier alpha value is -1.82. The third-order valence-corrected chi connectivity index (χ3v) is 5.98. The van der Waals surface area contributed by atoms with Crippen molar-refractivity contribution in [2.75, 3.05) is 31.5 Å². The van der Waals surface area contributed by atoms with E-state index in [-0.39, 0.29) is 0 Å². The number of nitrogens with two attached hydrogens (primary N) is 1. The molecule has 3 rings (SSSR count). The minimum atomic E-state index is 0.526. The first-order valence-corrected chi connectivity index (χ1v) is 10.2. The van der Waals surface area contributed by atoms with Gasteiger partial charge in [-0.25, -0.2) is 0 Å². The van der Waals surface area contributed by atoms with Gasteiger partial charge in [0.1, 0.15) is 0 Å². The van der Waals surface area contributed by atoms with Crippen LogP contribution in [0.2, 0.25) is 0 Å². The van der Waals surface area contributed by atoms with Crippen molar-refractivity contribution in [2.45, 2.75) is 36.6 Å². The number of rotatable bonds is 8. The van der Waals surface area contributed by atoms with Gasteiger partial charge in [-0.1, -0.05) is 38.3 Å². The molecule has 1 aromatic heterocycles. The van der Waals surface area contributed by atoms with Gasteiger partial charge in [0.25, 0.3) is 0 Å². The highest BCUT2D eigenvalue weighted by Crippen LogP contribution is 2.48. The second-order valence-corrected chi connectivity index (χ2v) is 7.52. The fraction of sp³-hybridized carbons (Fsp3) is 0.381. The molecule has 0 radical (unpaired) electrons. The zero-order valence-corrected chi connectivity index (χ0v) is 16.5. The Bertz CT molecular complexity index is 788. The molecule has 1 aromatic carbocycles. The lowest BCUT2D eigenvalue weighted by Gasteiger charge is -2.26. The predicted octanol–water partition coefficient (Wildman–Crippen LogP) is 4.21. The van der Waals surface area contributed by atoms with Crippen molar-refractivity contribution in [3.63, 3.8) is 0 Å². The Morgan fingerprint density at radius 1 is 1.23 bits per heavy atom. The smallest absolute Gasteiger partial charge is 0.0842 e. The molecule has 2 aromatic rings. The Labute approximate surface area is 160 Å². The van der Waals surface area contributed by atoms with Gasteiger partial charge >= 0.3 is 0 Å². The lowest BCUT2D eigenvalue weighted by Crippen LogP contribution is -2.29. The lowest BCUT2D eigenvalue weighted by atomic mass is 9.98. The largest absolute Gasteiger partial charge is 0.383 e. The van der Waals surface area contributed by atoms with Crippen LogP contribution in [0.25, 0.3) is 5.57 Å². The topological polar surface area (TPSA) is 54.2 Å². The van der Waals surface area contributed by atoms with Crippen LogP contribution >= 0.6 is 11.8 Å². The first-order valence-electron chi connectivity index (χ1n) is 9.34. The summed E-state index contributed by atoms with van der Waals surface area (Å²) >= 11 is 1.75. The molecule has 4 nitrogen and oxygen atoms in total. The Kier molecular flexibility index (Phi) is 6.35. The highest BCUT2D eigenvalue weighted by molar-refractivity contribution is 7.99. The highest BCUT2D eigenvalue weighted by atomic mass is 32.2. The van der Waals surface area contributed by atoms with Gasteiger partial charge in [0, 0.05) is 52.4 Å². The van der Waals surface area contributed by atoms with Gasteiger partial charge in [0.2, 0.25) is 0 Å². The van der Waals surface area contributed by atoms with Gasteiger partial charge < -0.3 is 16.0 Å². The van der Waals surface area contributed by atoms with Crippen LogP contribution in [0.3, 0.4) is 0 Å². The molecule has 0 aliphatic carbocycles. The fourth-order valence-electron chi connectivity index (χ4n) is 3.37. The van der Waals surface area contributed by atoms with Crippen molar-refractivity contribution in [2.24, 2.45) is 5.73 Å². The van der Waals surface area contributed by atoms with E-state index in [4.69, 9.17) is 5.73 Å². The summed E-state index contributed by atoms with van der Waals surface area (Å²) < 4.78 is 0. The van der Waals surface area contributed by atoms with Crippen LogP contribution in [-0.2, 0) is 6.54 Å². The minimum Gasteiger partial charge on any atom is -0.383 e. The normalized spacial score (nSPS) is 12.8. The molecule has 138 valence electrons. The van der Waals surface area contributed by atoms with Crippen LogP contribution in [0.5, 0.6) is 0 Å². The van der Waals surface area contributed by atoms with Gasteiger partial charge in [-0.15, -0.1) is 0 Å². The van der Waals surface area contributed by atoms with E-state index < -0.39 is 0 Å². The van der Waals surface area contributed by atoms with Crippen LogP contribution < -0.4 is 11.1 Å². The molecule has 0 saturated carbocycles. The fourth-order valence-corrected chi connectivity index (χ4v) is 4.63. The van der Waals surface area contributed by atoms with Crippen LogP contribution in [0.4, 0.5) is 5.69 Å². The van der Waals surface area contributed by atoms with Gasteiger partial charge in [0.05, 0.1) is 5.69 Å². The molecule has 5 heteroatoms. The van der Waals surface area contributed by atoms with E-state index in [2.05, 4.69) is 53.8 Å². The van der Waals surface area contributed by atoms with Crippen molar-refractivity contribution in [1.82, 2.24) is 9.88 Å². The van der Waals surface area contributed by atoms with Crippen molar-refractivity contribution < 1.29 is 0 Å². The van der Waals surface area contributed by atoms with E-state index in [0.717, 1.165) is 59.2 Å². The van der Waals surface area contributed by atoms with E-state index in [0.29, 0.717) is 6.54 Å². The molecule has 1 aliphatic rings. The summed E-state index contributed by atoms with van der Waals surface area (Å²) in [5.74, 6) is 0. The van der Waals surface area contributed by atoms with Crippen molar-refractivity contribution in [3.8, 4) is 0 Å². The van der Waals surface area contributed by atoms with Gasteiger partial charge in [-0.3, -0.25) is 4.98 Å². The zero-order valence-electron chi connectivity index (χ0n) is 15.7. The molecule has 26 heavy (non-hydrogen) atoms. The first-order chi connectivity index (χ1) is 12.7. The third-order valence-electron chi connectivity index (χ3n) is 4.76. The number of fused-ring (bicyclic) bond motifs is 2. The number of likely N-dealkylation sites (N-methyl/N-ethyl adjacent to an activating group) is 1. The highest BCUT2D eigenvalue weighted by Gasteiger charge is 2.25. The average Bonchev–Trinajstić information content (AvgIpc) is 2.67. The molecule has 2 heterocycles. The number of hydrogen-bond donors (Lipinski definition) is 2. The maximum Gasteiger partial charge on any atom is 0.0842 e. The maximum absolute atomic E-state index is 5.99. The maximum atomic E-state index is 5.99. The Morgan fingerprint density at radius 3 is 2.81 bits per heavy atom. The number of aromatic nitrogens is 1. The summed E-state index contributed by atoms with van der Waals surface area (Å²) in [6.45, 7) is 13.5. The quantitative estimate of drug-likeness (QED) is 0.624. The van der Waals surface area contributed by atoms with Crippen molar-refractivity contribution >= 4 is 23.0 Å². The van der Waals surface area contributed by atoms with E-state index in [1.807, 2.05) is 12.3 Å². The van der Waals surface area contributed by atoms with E-state index in [9.17, 15) is 0 Å². The monoisotopic (exact) mass is 368 g/mol. The van der Waals surface area contributed by atoms with E-state index >= 15 is 0 Å². The predicted molar refractivity (Wildman–Crippen MR) is 112 cm³/mol. The standard InChI is InChI=1S/C21H28N4S/c1-4-12-25(5-2)13-11-23-17-9-8-16(14-22)21-19(17)15(3)20-18(26-21)7-6-10-24-20/h6-10,23H,3-5,11-14,22H2,1-2H3. The number of anilines is 1. The molecule has 0 amide bonds. The Morgan fingerprint density at radius 2 is 2.08 bits per heavy atom. The number of nitrogens with zero attached hydrogens (tertiary/aromatic N) is 2. The second-order valence-electron chi connectivity index (χ2n) is 6.47. The summed E-state index contributed by atoms with van der Waals surface area (Å²) in [6.07, 6.45) is 3.02.